The van der Waals surface area contributed by atoms with Gasteiger partial charge in [-0.3, -0.25) is 33.8 Å². The van der Waals surface area contributed by atoms with Gasteiger partial charge in [0.2, 0.25) is 29.5 Å². The summed E-state index contributed by atoms with van der Waals surface area (Å²) < 4.78 is 0. The number of carbonyl (C=O) groups excluding carboxylic acids is 5. The van der Waals surface area contributed by atoms with Crippen LogP contribution >= 0.6 is 0 Å². The van der Waals surface area contributed by atoms with Gasteiger partial charge in [0.1, 0.15) is 36.8 Å². The van der Waals surface area contributed by atoms with Gasteiger partial charge in [0, 0.05) is 31.3 Å². The highest BCUT2D eigenvalue weighted by atomic mass is 16.4. The highest BCUT2D eigenvalue weighted by Crippen LogP contribution is 2.08. The molecule has 0 spiro atoms. The highest BCUT2D eigenvalue weighted by Gasteiger charge is 2.32. The number of rotatable bonds is 21. The summed E-state index contributed by atoms with van der Waals surface area (Å²) in [5.41, 5.74) is 17.5. The number of H-pyrrole nitrogens is 1. The number of aromatic nitrogens is 2. The minimum Gasteiger partial charge on any atom is -0.480 e. The Hall–Kier alpha value is -5.60. The van der Waals surface area contributed by atoms with Crippen LogP contribution in [0.5, 0.6) is 0 Å². The summed E-state index contributed by atoms with van der Waals surface area (Å²) in [4.78, 5) is 87.5. The molecule has 0 saturated heterocycles. The summed E-state index contributed by atoms with van der Waals surface area (Å²) in [6, 6.07) is 1.61. The Labute approximate surface area is 287 Å². The van der Waals surface area contributed by atoms with Crippen molar-refractivity contribution >= 4 is 41.5 Å². The van der Waals surface area contributed by atoms with Gasteiger partial charge < -0.3 is 64.1 Å². The first-order valence-corrected chi connectivity index (χ1v) is 15.5. The van der Waals surface area contributed by atoms with Crippen molar-refractivity contribution in [1.29, 1.82) is 0 Å². The van der Waals surface area contributed by atoms with Crippen LogP contribution in [0.25, 0.3) is 0 Å². The van der Waals surface area contributed by atoms with Crippen LogP contribution in [0.3, 0.4) is 0 Å². The summed E-state index contributed by atoms with van der Waals surface area (Å²) in [6.07, 6.45) is 1.46. The van der Waals surface area contributed by atoms with E-state index in [2.05, 4.69) is 41.5 Å². The molecule has 2 aromatic rings. The maximum absolute atomic E-state index is 13.8. The summed E-state index contributed by atoms with van der Waals surface area (Å²) in [7, 11) is 0. The van der Waals surface area contributed by atoms with E-state index in [0.29, 0.717) is 11.3 Å². The van der Waals surface area contributed by atoms with Crippen molar-refractivity contribution in [1.82, 2.24) is 36.6 Å². The topological polar surface area (TPSA) is 342 Å². The van der Waals surface area contributed by atoms with E-state index in [1.165, 1.54) is 19.4 Å². The SMILES string of the molecule is C[C@@H](O)[C@H](N)C(=O)N[C@@H](CO)C(=O)N[C@@H](Cc1ccccc1)C(=O)N[C@@H](CCCN=C(N)N)C(=O)N[C@@H](Cc1cnc[nH]1)C(=O)NCC(=O)O. The zero-order chi connectivity index (χ0) is 37.2. The Balaban J connectivity index is 2.35. The first-order valence-electron chi connectivity index (χ1n) is 15.5. The van der Waals surface area contributed by atoms with Crippen molar-refractivity contribution in [3.8, 4) is 0 Å². The van der Waals surface area contributed by atoms with Crippen LogP contribution in [-0.2, 0) is 41.6 Å². The third kappa shape index (κ3) is 14.3. The van der Waals surface area contributed by atoms with Crippen LogP contribution in [0.15, 0.2) is 47.8 Å². The Kier molecular flexibility index (Phi) is 16.8. The van der Waals surface area contributed by atoms with Gasteiger partial charge in [0.15, 0.2) is 5.96 Å². The first-order chi connectivity index (χ1) is 23.7. The molecule has 0 bridgehead atoms. The Bertz CT molecular complexity index is 1450. The van der Waals surface area contributed by atoms with Crippen LogP contribution in [0, 0.1) is 0 Å². The van der Waals surface area contributed by atoms with Crippen LogP contribution in [0.4, 0.5) is 0 Å². The number of nitrogens with two attached hydrogens (primary N) is 3. The van der Waals surface area contributed by atoms with E-state index >= 15 is 0 Å². The molecule has 20 heteroatoms. The van der Waals surface area contributed by atoms with E-state index in [4.69, 9.17) is 22.3 Å². The largest absolute Gasteiger partial charge is 0.480 e. The third-order valence-corrected chi connectivity index (χ3v) is 7.16. The number of hydrogen-bond acceptors (Lipinski definition) is 11. The van der Waals surface area contributed by atoms with E-state index in [9.17, 15) is 39.0 Å². The van der Waals surface area contributed by atoms with E-state index < -0.39 is 85.0 Å². The van der Waals surface area contributed by atoms with Crippen molar-refractivity contribution < 1.29 is 44.1 Å². The number of imidazole rings is 1. The van der Waals surface area contributed by atoms with Gasteiger partial charge in [0.25, 0.3) is 0 Å². The van der Waals surface area contributed by atoms with Gasteiger partial charge in [-0.25, -0.2) is 4.98 Å². The van der Waals surface area contributed by atoms with E-state index in [0.717, 1.165) is 0 Å². The number of hydrogen-bond donors (Lipinski definition) is 12. The number of nitrogens with one attached hydrogen (secondary N) is 6. The van der Waals surface area contributed by atoms with Crippen LogP contribution < -0.4 is 43.8 Å². The highest BCUT2D eigenvalue weighted by molar-refractivity contribution is 5.96. The molecule has 0 fully saturated rings. The zero-order valence-electron chi connectivity index (χ0n) is 27.4. The van der Waals surface area contributed by atoms with Gasteiger partial charge in [0.05, 0.1) is 19.0 Å². The summed E-state index contributed by atoms with van der Waals surface area (Å²) in [5.74, 6) is -5.87. The molecular formula is C30H45N11O9. The van der Waals surface area contributed by atoms with Gasteiger partial charge in [-0.1, -0.05) is 30.3 Å². The molecule has 1 aromatic carbocycles. The molecule has 0 unspecified atom stereocenters. The molecule has 50 heavy (non-hydrogen) atoms. The molecule has 0 saturated carbocycles. The van der Waals surface area contributed by atoms with Crippen LogP contribution in [0.2, 0.25) is 0 Å². The average molecular weight is 704 g/mol. The Morgan fingerprint density at radius 2 is 1.44 bits per heavy atom. The van der Waals surface area contributed by atoms with Crippen LogP contribution in [-0.4, -0.2) is 123 Å². The van der Waals surface area contributed by atoms with Gasteiger partial charge >= 0.3 is 5.97 Å². The smallest absolute Gasteiger partial charge is 0.322 e. The predicted molar refractivity (Wildman–Crippen MR) is 177 cm³/mol. The first kappa shape index (κ1) is 40.6. The number of nitrogens with zero attached hydrogens (tertiary/aromatic N) is 2. The number of guanidine groups is 1. The maximum Gasteiger partial charge on any atom is 0.322 e. The number of aromatic amines is 1. The molecule has 20 nitrogen and oxygen atoms in total. The molecule has 0 aliphatic heterocycles. The molecule has 5 amide bonds. The number of carbonyl (C=O) groups is 6. The van der Waals surface area contributed by atoms with Crippen molar-refractivity contribution in [2.24, 2.45) is 22.2 Å². The van der Waals surface area contributed by atoms with E-state index in [-0.39, 0.29) is 38.2 Å². The number of aliphatic hydroxyl groups excluding tert-OH is 2. The maximum atomic E-state index is 13.8. The average Bonchev–Trinajstić information content (AvgIpc) is 3.59. The summed E-state index contributed by atoms with van der Waals surface area (Å²) >= 11 is 0. The van der Waals surface area contributed by atoms with Gasteiger partial charge in [-0.15, -0.1) is 0 Å². The molecule has 1 heterocycles. The fraction of sp³-hybridized carbons (Fsp3) is 0.467. The fourth-order valence-corrected chi connectivity index (χ4v) is 4.44. The van der Waals surface area contributed by atoms with Gasteiger partial charge in [-0.2, -0.15) is 0 Å². The summed E-state index contributed by atoms with van der Waals surface area (Å²) in [6.45, 7) is -0.241. The molecule has 274 valence electrons. The second-order valence-electron chi connectivity index (χ2n) is 11.2. The number of carboxylic acid groups (broad SMARTS) is 1. The van der Waals surface area contributed by atoms with E-state index in [1.54, 1.807) is 30.3 Å². The molecule has 0 radical (unpaired) electrons. The predicted octanol–water partition coefficient (Wildman–Crippen LogP) is -4.91. The zero-order valence-corrected chi connectivity index (χ0v) is 27.4. The lowest BCUT2D eigenvalue weighted by Gasteiger charge is -2.26. The monoisotopic (exact) mass is 703 g/mol. The normalized spacial score (nSPS) is 14.4. The molecule has 6 atom stereocenters. The number of aliphatic carboxylic acids is 1. The second kappa shape index (κ2) is 20.7. The molecule has 1 aromatic heterocycles. The lowest BCUT2D eigenvalue weighted by atomic mass is 10.0. The minimum absolute atomic E-state index is 0.0412. The van der Waals surface area contributed by atoms with Gasteiger partial charge in [-0.05, 0) is 25.3 Å². The van der Waals surface area contributed by atoms with Crippen molar-refractivity contribution in [3.63, 3.8) is 0 Å². The number of aliphatic hydroxyl groups is 2. The number of aliphatic imine (C=N–C) groups is 1. The molecule has 2 rings (SSSR count). The second-order valence-corrected chi connectivity index (χ2v) is 11.2. The van der Waals surface area contributed by atoms with Crippen LogP contribution in [0.1, 0.15) is 31.0 Å². The van der Waals surface area contributed by atoms with Crippen molar-refractivity contribution in [2.45, 2.75) is 68.9 Å². The number of benzene rings is 1. The third-order valence-electron chi connectivity index (χ3n) is 7.16. The molecular weight excluding hydrogens is 658 g/mol. The Morgan fingerprint density at radius 3 is 2.00 bits per heavy atom. The number of carboxylic acids is 1. The van der Waals surface area contributed by atoms with Crippen molar-refractivity contribution in [3.05, 3.63) is 54.1 Å². The molecule has 0 aliphatic carbocycles. The van der Waals surface area contributed by atoms with Crippen molar-refractivity contribution in [2.75, 3.05) is 19.7 Å². The minimum atomic E-state index is -1.55. The molecule has 15 N–H and O–H groups in total. The quantitative estimate of drug-likeness (QED) is 0.0330. The molecule has 0 aliphatic rings. The Morgan fingerprint density at radius 1 is 0.860 bits per heavy atom. The van der Waals surface area contributed by atoms with E-state index in [1.807, 2.05) is 0 Å². The fourth-order valence-electron chi connectivity index (χ4n) is 4.44. The summed E-state index contributed by atoms with van der Waals surface area (Å²) in [5, 5.41) is 40.5. The lowest BCUT2D eigenvalue weighted by molar-refractivity contribution is -0.138. The number of amides is 5. The lowest BCUT2D eigenvalue weighted by Crippen LogP contribution is -2.60. The standard InChI is InChI=1S/C30H45N11O9/c1-16(43)24(31)29(50)41-22(14-42)28(49)39-20(10-17-6-3-2-4-7-17)27(48)38-19(8-5-9-35-30(32)33)26(47)40-21(11-18-12-34-15-37-18)25(46)36-13-23(44)45/h2-4,6-7,12,15-16,19-22,24,42-43H,5,8-11,13-14,31H2,1H3,(H,34,37)(H,36,46)(H,38,48)(H,39,49)(H,40,47)(H,41,50)(H,44,45)(H4,32,33,35)/t16-,19+,20+,21+,22+,24+/m1/s1.